The summed E-state index contributed by atoms with van der Waals surface area (Å²) >= 11 is 0. The first-order valence-electron chi connectivity index (χ1n) is 9.68. The molecular formula is C27H21P. The van der Waals surface area contributed by atoms with Gasteiger partial charge in [0, 0.05) is 5.66 Å². The number of rotatable bonds is 4. The number of benzene rings is 4. The third kappa shape index (κ3) is 3.01. The van der Waals surface area contributed by atoms with Crippen LogP contribution in [0.5, 0.6) is 0 Å². The van der Waals surface area contributed by atoms with Crippen molar-refractivity contribution in [2.24, 2.45) is 0 Å². The molecule has 0 nitrogen and oxygen atoms in total. The molecule has 1 aliphatic rings. The fraction of sp³-hybridized carbons (Fsp3) is 0.0370. The molecule has 0 radical (unpaired) electrons. The van der Waals surface area contributed by atoms with E-state index in [9.17, 15) is 0 Å². The van der Waals surface area contributed by atoms with Gasteiger partial charge in [0.1, 0.15) is 0 Å². The molecule has 1 heterocycles. The van der Waals surface area contributed by atoms with Gasteiger partial charge in [0.05, 0.1) is 0 Å². The van der Waals surface area contributed by atoms with Gasteiger partial charge in [-0.25, -0.2) is 0 Å². The molecular weight excluding hydrogens is 355 g/mol. The van der Waals surface area contributed by atoms with Gasteiger partial charge in [-0.2, -0.15) is 0 Å². The highest BCUT2D eigenvalue weighted by Gasteiger charge is 2.42. The summed E-state index contributed by atoms with van der Waals surface area (Å²) in [6, 6.07) is 43.9. The van der Waals surface area contributed by atoms with Crippen molar-refractivity contribution in [1.29, 1.82) is 0 Å². The fourth-order valence-corrected chi connectivity index (χ4v) is 7.13. The molecule has 0 saturated carbocycles. The molecule has 2 atom stereocenters. The zero-order valence-electron chi connectivity index (χ0n) is 15.6. The van der Waals surface area contributed by atoms with Crippen molar-refractivity contribution in [3.8, 4) is 0 Å². The Hall–Kier alpha value is -2.95. The SMILES string of the molecule is c1ccc(C2=C(c3ccccc3)P(c3ccccc3)[C@@H]2c2ccccc2)cc1. The third-order valence-corrected chi connectivity index (χ3v) is 8.22. The molecule has 28 heavy (non-hydrogen) atoms. The molecule has 0 fully saturated rings. The van der Waals surface area contributed by atoms with E-state index in [1.54, 1.807) is 0 Å². The second kappa shape index (κ2) is 7.58. The predicted molar refractivity (Wildman–Crippen MR) is 122 cm³/mol. The Morgan fingerprint density at radius 2 is 0.929 bits per heavy atom. The standard InChI is InChI=1S/C27H21P/c1-5-13-21(14-6-1)25-26(22-15-7-2-8-16-22)28(24-19-11-4-12-20-24)27(25)23-17-9-3-10-18-23/h1-20,26H/t26-,28?/m1/s1. The lowest BCUT2D eigenvalue weighted by Crippen LogP contribution is -2.20. The van der Waals surface area contributed by atoms with Gasteiger partial charge < -0.3 is 0 Å². The summed E-state index contributed by atoms with van der Waals surface area (Å²) in [5, 5.41) is 2.96. The lowest BCUT2D eigenvalue weighted by atomic mass is 9.94. The van der Waals surface area contributed by atoms with Gasteiger partial charge in [-0.05, 0) is 40.8 Å². The largest absolute Gasteiger partial charge is 0.0622 e. The van der Waals surface area contributed by atoms with E-state index in [4.69, 9.17) is 0 Å². The van der Waals surface area contributed by atoms with Crippen molar-refractivity contribution in [2.75, 3.05) is 0 Å². The van der Waals surface area contributed by atoms with Crippen LogP contribution in [0.15, 0.2) is 121 Å². The van der Waals surface area contributed by atoms with Crippen LogP contribution in [-0.2, 0) is 0 Å². The van der Waals surface area contributed by atoms with E-state index in [-0.39, 0.29) is 0 Å². The quantitative estimate of drug-likeness (QED) is 0.333. The predicted octanol–water partition coefficient (Wildman–Crippen LogP) is 7.12. The molecule has 0 N–H and O–H groups in total. The zero-order chi connectivity index (χ0) is 18.8. The van der Waals surface area contributed by atoms with Gasteiger partial charge >= 0.3 is 0 Å². The van der Waals surface area contributed by atoms with Crippen molar-refractivity contribution < 1.29 is 0 Å². The Kier molecular flexibility index (Phi) is 4.65. The van der Waals surface area contributed by atoms with Gasteiger partial charge in [-0.3, -0.25) is 0 Å². The first-order valence-corrected chi connectivity index (χ1v) is 11.1. The van der Waals surface area contributed by atoms with Crippen molar-refractivity contribution >= 4 is 24.1 Å². The average Bonchev–Trinajstić information content (AvgIpc) is 2.76. The molecule has 0 amide bonds. The minimum absolute atomic E-state index is 0.427. The summed E-state index contributed by atoms with van der Waals surface area (Å²) < 4.78 is 0. The van der Waals surface area contributed by atoms with E-state index < -0.39 is 7.92 Å². The van der Waals surface area contributed by atoms with E-state index in [1.165, 1.54) is 32.9 Å². The van der Waals surface area contributed by atoms with Crippen molar-refractivity contribution in [2.45, 2.75) is 5.66 Å². The Morgan fingerprint density at radius 3 is 1.50 bits per heavy atom. The molecule has 0 saturated heterocycles. The van der Waals surface area contributed by atoms with Crippen molar-refractivity contribution in [1.82, 2.24) is 0 Å². The van der Waals surface area contributed by atoms with E-state index in [0.29, 0.717) is 5.66 Å². The summed E-state index contributed by atoms with van der Waals surface area (Å²) in [5.41, 5.74) is 6.01. The molecule has 0 aromatic heterocycles. The molecule has 134 valence electrons. The monoisotopic (exact) mass is 376 g/mol. The van der Waals surface area contributed by atoms with Gasteiger partial charge in [0.2, 0.25) is 0 Å². The van der Waals surface area contributed by atoms with Gasteiger partial charge in [0.15, 0.2) is 0 Å². The maximum absolute atomic E-state index is 2.30. The normalized spacial score (nSPS) is 18.6. The zero-order valence-corrected chi connectivity index (χ0v) is 16.5. The molecule has 0 bridgehead atoms. The molecule has 4 aromatic carbocycles. The second-order valence-corrected chi connectivity index (χ2v) is 9.23. The van der Waals surface area contributed by atoms with Gasteiger partial charge in [-0.15, -0.1) is 0 Å². The van der Waals surface area contributed by atoms with Crippen LogP contribution < -0.4 is 5.30 Å². The van der Waals surface area contributed by atoms with Crippen LogP contribution in [-0.4, -0.2) is 0 Å². The number of allylic oxidation sites excluding steroid dienone is 1. The van der Waals surface area contributed by atoms with Crippen LogP contribution in [0.1, 0.15) is 22.3 Å². The second-order valence-electron chi connectivity index (χ2n) is 7.01. The van der Waals surface area contributed by atoms with Crippen LogP contribution in [0.25, 0.3) is 10.9 Å². The highest BCUT2D eigenvalue weighted by atomic mass is 31.1. The minimum Gasteiger partial charge on any atom is -0.0622 e. The van der Waals surface area contributed by atoms with E-state index in [2.05, 4.69) is 121 Å². The molecule has 5 rings (SSSR count). The Balaban J connectivity index is 1.77. The molecule has 1 unspecified atom stereocenters. The smallest absolute Gasteiger partial charge is 0.0385 e. The average molecular weight is 376 g/mol. The Bertz CT molecular complexity index is 993. The summed E-state index contributed by atoms with van der Waals surface area (Å²) in [4.78, 5) is 0. The molecule has 1 heteroatoms. The molecule has 0 aliphatic carbocycles. The van der Waals surface area contributed by atoms with E-state index >= 15 is 0 Å². The highest BCUT2D eigenvalue weighted by molar-refractivity contribution is 7.79. The topological polar surface area (TPSA) is 0 Å². The maximum atomic E-state index is 2.30. The number of hydrogen-bond donors (Lipinski definition) is 0. The molecule has 4 aromatic rings. The highest BCUT2D eigenvalue weighted by Crippen LogP contribution is 2.75. The summed E-state index contributed by atoms with van der Waals surface area (Å²) in [6.07, 6.45) is 0. The lowest BCUT2D eigenvalue weighted by molar-refractivity contribution is 1.21. The first-order chi connectivity index (χ1) is 13.9. The molecule has 1 aliphatic heterocycles. The van der Waals surface area contributed by atoms with Crippen LogP contribution >= 0.6 is 7.92 Å². The summed E-state index contributed by atoms with van der Waals surface area (Å²) in [5.74, 6) is 0. The third-order valence-electron chi connectivity index (χ3n) is 5.31. The lowest BCUT2D eigenvalue weighted by Gasteiger charge is -2.44. The van der Waals surface area contributed by atoms with Crippen molar-refractivity contribution in [3.05, 3.63) is 138 Å². The van der Waals surface area contributed by atoms with Gasteiger partial charge in [-0.1, -0.05) is 121 Å². The Labute approximate surface area is 168 Å². The van der Waals surface area contributed by atoms with E-state index in [1.807, 2.05) is 0 Å². The summed E-state index contributed by atoms with van der Waals surface area (Å²) in [7, 11) is -0.456. The van der Waals surface area contributed by atoms with Crippen LogP contribution in [0.2, 0.25) is 0 Å². The van der Waals surface area contributed by atoms with Gasteiger partial charge in [0.25, 0.3) is 0 Å². The maximum Gasteiger partial charge on any atom is 0.0385 e. The summed E-state index contributed by atoms with van der Waals surface area (Å²) in [6.45, 7) is 0. The van der Waals surface area contributed by atoms with Crippen LogP contribution in [0.3, 0.4) is 0 Å². The molecule has 0 spiro atoms. The first kappa shape index (κ1) is 17.2. The van der Waals surface area contributed by atoms with Crippen LogP contribution in [0.4, 0.5) is 0 Å². The fourth-order valence-electron chi connectivity index (χ4n) is 4.07. The minimum atomic E-state index is -0.456. The number of hydrogen-bond acceptors (Lipinski definition) is 0. The Morgan fingerprint density at radius 1 is 0.464 bits per heavy atom. The van der Waals surface area contributed by atoms with Crippen LogP contribution in [0, 0.1) is 0 Å². The van der Waals surface area contributed by atoms with Crippen molar-refractivity contribution in [3.63, 3.8) is 0 Å². The van der Waals surface area contributed by atoms with E-state index in [0.717, 1.165) is 0 Å².